The van der Waals surface area contributed by atoms with Crippen LogP contribution in [0, 0.1) is 12.8 Å². The molecule has 0 amide bonds. The van der Waals surface area contributed by atoms with E-state index in [1.807, 2.05) is 19.1 Å². The van der Waals surface area contributed by atoms with Crippen LogP contribution in [0.3, 0.4) is 0 Å². The summed E-state index contributed by atoms with van der Waals surface area (Å²) in [6, 6.07) is 7.17. The molecule has 0 bridgehead atoms. The van der Waals surface area contributed by atoms with Crippen molar-refractivity contribution in [2.45, 2.75) is 36.4 Å². The third kappa shape index (κ3) is 3.80. The molecule has 4 aromatic rings. The molecule has 186 valence electrons. The second-order valence-corrected chi connectivity index (χ2v) is 10.7. The van der Waals surface area contributed by atoms with Crippen molar-refractivity contribution in [3.63, 3.8) is 0 Å². The number of aromatic nitrogens is 3. The van der Waals surface area contributed by atoms with Gasteiger partial charge in [0.1, 0.15) is 5.76 Å². The van der Waals surface area contributed by atoms with Gasteiger partial charge in [0, 0.05) is 35.0 Å². The Morgan fingerprint density at radius 1 is 1.33 bits per heavy atom. The van der Waals surface area contributed by atoms with E-state index in [2.05, 4.69) is 20.3 Å². The van der Waals surface area contributed by atoms with Gasteiger partial charge in [-0.25, -0.2) is 14.0 Å². The molecule has 36 heavy (non-hydrogen) atoms. The molecule has 1 aromatic carbocycles. The van der Waals surface area contributed by atoms with Crippen LogP contribution >= 0.6 is 11.6 Å². The van der Waals surface area contributed by atoms with Crippen molar-refractivity contribution in [2.24, 2.45) is 10.9 Å². The summed E-state index contributed by atoms with van der Waals surface area (Å²) in [7, 11) is -1.65. The highest BCUT2D eigenvalue weighted by Crippen LogP contribution is 2.46. The van der Waals surface area contributed by atoms with Crippen molar-refractivity contribution in [1.82, 2.24) is 20.3 Å². The van der Waals surface area contributed by atoms with Gasteiger partial charge >= 0.3 is 5.97 Å². The maximum Gasteiger partial charge on any atom is 0.357 e. The minimum atomic E-state index is -1.65. The number of aliphatic imine (C=N–C) groups is 1. The van der Waals surface area contributed by atoms with Gasteiger partial charge in [0.15, 0.2) is 21.6 Å². The number of aryl methyl sites for hydroxylation is 1. The summed E-state index contributed by atoms with van der Waals surface area (Å²) in [5.74, 6) is 0.166. The van der Waals surface area contributed by atoms with Crippen LogP contribution in [-0.2, 0) is 15.5 Å². The molecule has 0 saturated carbocycles. The number of nitrogens with zero attached hydrogens (tertiary/aromatic N) is 2. The number of carbonyl (C=O) groups excluding carboxylic acids is 1. The minimum absolute atomic E-state index is 0.105. The Bertz CT molecular complexity index is 1550. The monoisotopic (exact) mass is 525 g/mol. The van der Waals surface area contributed by atoms with E-state index in [1.165, 1.54) is 0 Å². The Morgan fingerprint density at radius 2 is 2.19 bits per heavy atom. The molecule has 3 aromatic heterocycles. The predicted molar refractivity (Wildman–Crippen MR) is 136 cm³/mol. The van der Waals surface area contributed by atoms with Gasteiger partial charge in [-0.3, -0.25) is 4.99 Å². The van der Waals surface area contributed by atoms with E-state index in [-0.39, 0.29) is 18.4 Å². The third-order valence-corrected chi connectivity index (χ3v) is 8.06. The van der Waals surface area contributed by atoms with E-state index in [0.717, 1.165) is 40.8 Å². The van der Waals surface area contributed by atoms with Gasteiger partial charge in [0.2, 0.25) is 5.16 Å². The first-order valence-electron chi connectivity index (χ1n) is 11.8. The molecule has 0 aliphatic carbocycles. The van der Waals surface area contributed by atoms with Gasteiger partial charge in [-0.05, 0) is 56.6 Å². The van der Waals surface area contributed by atoms with Crippen molar-refractivity contribution in [1.29, 1.82) is 0 Å². The number of imidazole rings is 1. The largest absolute Gasteiger partial charge is 0.461 e. The SMILES string of the molecule is CCOC(=O)c1[nH]cc2c1N=C1CNCCC1C2c1ccc(S(=O)c2nc3c(C)cc(Cl)cc3[nH]2)o1. The second kappa shape index (κ2) is 9.02. The van der Waals surface area contributed by atoms with Crippen LogP contribution in [0.15, 0.2) is 50.1 Å². The van der Waals surface area contributed by atoms with Crippen LogP contribution in [0.1, 0.15) is 46.6 Å². The lowest BCUT2D eigenvalue weighted by Crippen LogP contribution is -2.41. The van der Waals surface area contributed by atoms with Crippen molar-refractivity contribution in [3.05, 3.63) is 58.1 Å². The number of ether oxygens (including phenoxy) is 1. The molecular formula is C25H24ClN5O4S. The molecule has 1 fully saturated rings. The van der Waals surface area contributed by atoms with Crippen molar-refractivity contribution >= 4 is 50.8 Å². The molecule has 6 rings (SSSR count). The zero-order chi connectivity index (χ0) is 25.0. The van der Waals surface area contributed by atoms with E-state index in [4.69, 9.17) is 25.7 Å². The lowest BCUT2D eigenvalue weighted by Gasteiger charge is -2.34. The Labute approximate surface area is 214 Å². The maximum atomic E-state index is 13.4. The maximum absolute atomic E-state index is 13.4. The number of H-pyrrole nitrogens is 2. The number of halogens is 1. The number of esters is 1. The first-order valence-corrected chi connectivity index (χ1v) is 13.3. The number of nitrogens with one attached hydrogen (secondary N) is 3. The number of aromatic amines is 2. The van der Waals surface area contributed by atoms with Crippen LogP contribution in [0.4, 0.5) is 5.69 Å². The molecule has 2 aliphatic rings. The van der Waals surface area contributed by atoms with Crippen LogP contribution in [0.5, 0.6) is 0 Å². The van der Waals surface area contributed by atoms with Crippen LogP contribution in [0.25, 0.3) is 11.0 Å². The number of fused-ring (bicyclic) bond motifs is 3. The quantitative estimate of drug-likeness (QED) is 0.326. The van der Waals surface area contributed by atoms with Crippen LogP contribution < -0.4 is 5.32 Å². The van der Waals surface area contributed by atoms with Gasteiger partial charge in [0.05, 0.1) is 29.2 Å². The zero-order valence-electron chi connectivity index (χ0n) is 19.7. The van der Waals surface area contributed by atoms with Crippen LogP contribution in [-0.4, -0.2) is 50.5 Å². The van der Waals surface area contributed by atoms with Gasteiger partial charge < -0.3 is 24.4 Å². The first kappa shape index (κ1) is 23.2. The molecular weight excluding hydrogens is 502 g/mol. The number of benzene rings is 1. The molecule has 9 nitrogen and oxygen atoms in total. The van der Waals surface area contributed by atoms with E-state index >= 15 is 0 Å². The number of hydrogen-bond acceptors (Lipinski definition) is 7. The summed E-state index contributed by atoms with van der Waals surface area (Å²) in [4.78, 5) is 28.1. The van der Waals surface area contributed by atoms with Gasteiger partial charge in [-0.1, -0.05) is 11.6 Å². The molecule has 11 heteroatoms. The fourth-order valence-electron chi connectivity index (χ4n) is 5.12. The average molecular weight is 526 g/mol. The molecule has 0 radical (unpaired) electrons. The summed E-state index contributed by atoms with van der Waals surface area (Å²) in [6.45, 7) is 5.44. The highest BCUT2D eigenvalue weighted by atomic mass is 35.5. The number of hydrogen-bond donors (Lipinski definition) is 3. The Balaban J connectivity index is 1.38. The Kier molecular flexibility index (Phi) is 5.82. The molecule has 1 saturated heterocycles. The summed E-state index contributed by atoms with van der Waals surface area (Å²) in [6.07, 6.45) is 2.67. The van der Waals surface area contributed by atoms with Crippen molar-refractivity contribution < 1.29 is 18.2 Å². The molecule has 2 aliphatic heterocycles. The highest BCUT2D eigenvalue weighted by molar-refractivity contribution is 7.84. The van der Waals surface area contributed by atoms with Gasteiger partial charge in [0.25, 0.3) is 0 Å². The normalized spacial score (nSPS) is 20.0. The summed E-state index contributed by atoms with van der Waals surface area (Å²) in [5, 5.41) is 4.55. The second-order valence-electron chi connectivity index (χ2n) is 8.93. The Morgan fingerprint density at radius 3 is 3.03 bits per heavy atom. The van der Waals surface area contributed by atoms with E-state index in [1.54, 1.807) is 25.3 Å². The summed E-state index contributed by atoms with van der Waals surface area (Å²) >= 11 is 6.17. The van der Waals surface area contributed by atoms with Gasteiger partial charge in [-0.2, -0.15) is 0 Å². The smallest absolute Gasteiger partial charge is 0.357 e. The first-order chi connectivity index (χ1) is 17.4. The van der Waals surface area contributed by atoms with Crippen molar-refractivity contribution in [3.8, 4) is 0 Å². The summed E-state index contributed by atoms with van der Waals surface area (Å²) < 4.78 is 24.8. The third-order valence-electron chi connectivity index (χ3n) is 6.71. The minimum Gasteiger partial charge on any atom is -0.461 e. The fourth-order valence-corrected chi connectivity index (χ4v) is 6.32. The van der Waals surface area contributed by atoms with E-state index in [9.17, 15) is 9.00 Å². The van der Waals surface area contributed by atoms with Crippen molar-refractivity contribution in [2.75, 3.05) is 19.7 Å². The molecule has 3 N–H and O–H groups in total. The van der Waals surface area contributed by atoms with Gasteiger partial charge in [-0.15, -0.1) is 0 Å². The van der Waals surface area contributed by atoms with E-state index in [0.29, 0.717) is 39.0 Å². The lowest BCUT2D eigenvalue weighted by molar-refractivity contribution is 0.0521. The molecule has 3 unspecified atom stereocenters. The lowest BCUT2D eigenvalue weighted by atomic mass is 9.76. The standard InChI is InChI=1S/C25H24ClN5O4S/c1-3-34-24(32)23-22-15(10-28-23)20(14-6-7-27-11-17(14)29-22)18-4-5-19(35-18)36(33)25-30-16-9-13(26)8-12(2)21(16)31-25/h4-5,8-10,14,20,27-28H,3,6-7,11H2,1-2H3,(H,30,31). The molecule has 5 heterocycles. The number of rotatable bonds is 5. The highest BCUT2D eigenvalue weighted by Gasteiger charge is 2.40. The molecule has 3 atom stereocenters. The summed E-state index contributed by atoms with van der Waals surface area (Å²) in [5.41, 5.74) is 5.09. The average Bonchev–Trinajstić information content (AvgIpc) is 3.60. The Hall–Kier alpha value is -3.21. The number of piperidine rings is 1. The zero-order valence-corrected chi connectivity index (χ0v) is 21.3. The predicted octanol–water partition coefficient (Wildman–Crippen LogP) is 4.62. The number of carbonyl (C=O) groups is 1. The number of furan rings is 1. The van der Waals surface area contributed by atoms with E-state index < -0.39 is 16.8 Å². The topological polar surface area (TPSA) is 125 Å². The molecule has 0 spiro atoms. The van der Waals surface area contributed by atoms with Crippen LogP contribution in [0.2, 0.25) is 5.02 Å². The fraction of sp³-hybridized carbons (Fsp3) is 0.320.